The molecule has 0 spiro atoms. The van der Waals surface area contributed by atoms with Crippen molar-refractivity contribution < 1.29 is 9.84 Å². The van der Waals surface area contributed by atoms with Crippen molar-refractivity contribution in [3.63, 3.8) is 0 Å². The zero-order valence-corrected chi connectivity index (χ0v) is 12.9. The average molecular weight is 308 g/mol. The summed E-state index contributed by atoms with van der Waals surface area (Å²) in [5.41, 5.74) is 2.28. The van der Waals surface area contributed by atoms with E-state index in [1.807, 2.05) is 18.2 Å². The number of rotatable bonds is 4. The van der Waals surface area contributed by atoms with E-state index < -0.39 is 0 Å². The topological polar surface area (TPSA) is 41.5 Å². The van der Waals surface area contributed by atoms with Gasteiger partial charge in [-0.2, -0.15) is 0 Å². The van der Waals surface area contributed by atoms with Gasteiger partial charge in [-0.3, -0.25) is 0 Å². The summed E-state index contributed by atoms with van der Waals surface area (Å²) in [6.07, 6.45) is 6.93. The summed E-state index contributed by atoms with van der Waals surface area (Å²) in [6, 6.07) is 6.13. The maximum atomic E-state index is 9.47. The molecule has 2 N–H and O–H groups in total. The second-order valence-electron chi connectivity index (χ2n) is 5.99. The number of nitrogens with one attached hydrogen (secondary N) is 1. The number of aliphatic hydroxyl groups excluding tert-OH is 1. The number of aliphatic hydroxyl groups is 1. The Morgan fingerprint density at radius 3 is 3.00 bits per heavy atom. The number of hydrogen-bond donors (Lipinski definition) is 2. The van der Waals surface area contributed by atoms with E-state index in [9.17, 15) is 5.11 Å². The molecule has 1 fully saturated rings. The number of benzene rings is 1. The Morgan fingerprint density at radius 1 is 1.29 bits per heavy atom. The van der Waals surface area contributed by atoms with Crippen molar-refractivity contribution in [1.82, 2.24) is 5.32 Å². The Labute approximate surface area is 131 Å². The van der Waals surface area contributed by atoms with Crippen molar-refractivity contribution in [2.75, 3.05) is 19.8 Å². The van der Waals surface area contributed by atoms with Crippen LogP contribution in [0.3, 0.4) is 0 Å². The van der Waals surface area contributed by atoms with E-state index >= 15 is 0 Å². The van der Waals surface area contributed by atoms with Gasteiger partial charge in [0.2, 0.25) is 0 Å². The lowest BCUT2D eigenvalue weighted by Gasteiger charge is -2.31. The summed E-state index contributed by atoms with van der Waals surface area (Å²) in [4.78, 5) is 0. The maximum absolute atomic E-state index is 9.47. The van der Waals surface area contributed by atoms with Crippen molar-refractivity contribution in [1.29, 1.82) is 0 Å². The highest BCUT2D eigenvalue weighted by Gasteiger charge is 2.24. The van der Waals surface area contributed by atoms with Crippen molar-refractivity contribution in [2.45, 2.75) is 31.7 Å². The molecule has 1 heterocycles. The van der Waals surface area contributed by atoms with Gasteiger partial charge in [0.25, 0.3) is 0 Å². The molecule has 1 aromatic rings. The van der Waals surface area contributed by atoms with E-state index in [2.05, 4.69) is 11.4 Å². The molecule has 3 rings (SSSR count). The van der Waals surface area contributed by atoms with E-state index in [0.29, 0.717) is 18.6 Å². The number of ether oxygens (including phenoxy) is 1. The van der Waals surface area contributed by atoms with Crippen LogP contribution in [0.4, 0.5) is 0 Å². The predicted molar refractivity (Wildman–Crippen MR) is 85.8 cm³/mol. The minimum atomic E-state index is 0.283. The van der Waals surface area contributed by atoms with Crippen LogP contribution in [-0.4, -0.2) is 30.9 Å². The first kappa shape index (κ1) is 14.9. The van der Waals surface area contributed by atoms with Crippen molar-refractivity contribution >= 4 is 17.7 Å². The third kappa shape index (κ3) is 3.60. The van der Waals surface area contributed by atoms with Crippen molar-refractivity contribution in [2.24, 2.45) is 5.92 Å². The second kappa shape index (κ2) is 6.82. The van der Waals surface area contributed by atoms with Crippen LogP contribution < -0.4 is 10.1 Å². The van der Waals surface area contributed by atoms with Gasteiger partial charge in [0.1, 0.15) is 12.4 Å². The van der Waals surface area contributed by atoms with E-state index in [4.69, 9.17) is 16.3 Å². The zero-order chi connectivity index (χ0) is 14.7. The average Bonchev–Trinajstić information content (AvgIpc) is 2.52. The lowest BCUT2D eigenvalue weighted by Crippen LogP contribution is -2.41. The molecule has 114 valence electrons. The van der Waals surface area contributed by atoms with Gasteiger partial charge in [-0.1, -0.05) is 24.4 Å². The van der Waals surface area contributed by atoms with Gasteiger partial charge < -0.3 is 15.2 Å². The quantitative estimate of drug-likeness (QED) is 0.897. The predicted octanol–water partition coefficient (Wildman–Crippen LogP) is 3.26. The van der Waals surface area contributed by atoms with E-state index in [-0.39, 0.29) is 6.61 Å². The molecule has 0 bridgehead atoms. The molecule has 1 aliphatic carbocycles. The minimum absolute atomic E-state index is 0.283. The van der Waals surface area contributed by atoms with Gasteiger partial charge in [-0.05, 0) is 48.6 Å². The lowest BCUT2D eigenvalue weighted by atomic mass is 9.85. The first-order valence-electron chi connectivity index (χ1n) is 7.72. The molecular weight excluding hydrogens is 286 g/mol. The highest BCUT2D eigenvalue weighted by molar-refractivity contribution is 6.30. The lowest BCUT2D eigenvalue weighted by molar-refractivity contribution is 0.154. The number of fused-ring (bicyclic) bond motifs is 1. The molecule has 2 atom stereocenters. The molecule has 4 heteroatoms. The van der Waals surface area contributed by atoms with E-state index in [0.717, 1.165) is 35.7 Å². The van der Waals surface area contributed by atoms with Crippen LogP contribution in [0.1, 0.15) is 31.2 Å². The summed E-state index contributed by atoms with van der Waals surface area (Å²) in [6.45, 7) is 1.72. The maximum Gasteiger partial charge on any atom is 0.127 e. The summed E-state index contributed by atoms with van der Waals surface area (Å²) < 4.78 is 5.77. The van der Waals surface area contributed by atoms with Crippen LogP contribution in [0.15, 0.2) is 23.8 Å². The molecule has 0 saturated heterocycles. The van der Waals surface area contributed by atoms with Crippen LogP contribution >= 0.6 is 11.6 Å². The number of halogens is 1. The Morgan fingerprint density at radius 2 is 2.14 bits per heavy atom. The van der Waals surface area contributed by atoms with E-state index in [1.165, 1.54) is 18.4 Å². The second-order valence-corrected chi connectivity index (χ2v) is 6.42. The minimum Gasteiger partial charge on any atom is -0.489 e. The Hall–Kier alpha value is -1.03. The van der Waals surface area contributed by atoms with Crippen LogP contribution in [0.25, 0.3) is 6.08 Å². The molecule has 0 amide bonds. The summed E-state index contributed by atoms with van der Waals surface area (Å²) in [5, 5.41) is 13.8. The molecule has 1 saturated carbocycles. The molecule has 0 radical (unpaired) electrons. The highest BCUT2D eigenvalue weighted by Crippen LogP contribution is 2.29. The first-order chi connectivity index (χ1) is 10.3. The summed E-state index contributed by atoms with van der Waals surface area (Å²) in [7, 11) is 0. The molecule has 2 aliphatic rings. The van der Waals surface area contributed by atoms with Crippen LogP contribution in [0.2, 0.25) is 5.02 Å². The van der Waals surface area contributed by atoms with Gasteiger partial charge in [0, 0.05) is 29.8 Å². The van der Waals surface area contributed by atoms with Crippen molar-refractivity contribution in [3.8, 4) is 5.75 Å². The molecule has 1 aliphatic heterocycles. The molecular formula is C17H22ClNO2. The molecule has 2 unspecified atom stereocenters. The normalized spacial score (nSPS) is 25.0. The third-order valence-corrected chi connectivity index (χ3v) is 4.71. The fraction of sp³-hybridized carbons (Fsp3) is 0.529. The van der Waals surface area contributed by atoms with Gasteiger partial charge in [0.05, 0.1) is 0 Å². The van der Waals surface area contributed by atoms with Crippen LogP contribution in [0.5, 0.6) is 5.75 Å². The standard InChI is InChI=1S/C17H22ClNO2/c18-15-5-6-17-14(8-15)7-12(11-21-17)9-19-16-4-2-1-3-13(16)10-20/h5-8,13,16,19-20H,1-4,9-11H2. The fourth-order valence-electron chi connectivity index (χ4n) is 3.25. The molecule has 3 nitrogen and oxygen atoms in total. The monoisotopic (exact) mass is 307 g/mol. The summed E-state index contributed by atoms with van der Waals surface area (Å²) in [5.74, 6) is 1.29. The highest BCUT2D eigenvalue weighted by atomic mass is 35.5. The Kier molecular flexibility index (Phi) is 4.84. The Balaban J connectivity index is 1.63. The summed E-state index contributed by atoms with van der Waals surface area (Å²) >= 11 is 6.03. The molecule has 1 aromatic carbocycles. The third-order valence-electron chi connectivity index (χ3n) is 4.48. The van der Waals surface area contributed by atoms with Crippen LogP contribution in [0, 0.1) is 5.92 Å². The number of hydrogen-bond acceptors (Lipinski definition) is 3. The van der Waals surface area contributed by atoms with Gasteiger partial charge >= 0.3 is 0 Å². The largest absolute Gasteiger partial charge is 0.489 e. The van der Waals surface area contributed by atoms with Crippen LogP contribution in [-0.2, 0) is 0 Å². The first-order valence-corrected chi connectivity index (χ1v) is 8.10. The fourth-order valence-corrected chi connectivity index (χ4v) is 3.44. The van der Waals surface area contributed by atoms with Gasteiger partial charge in [-0.15, -0.1) is 0 Å². The molecule has 0 aromatic heterocycles. The van der Waals surface area contributed by atoms with E-state index in [1.54, 1.807) is 0 Å². The Bertz CT molecular complexity index is 530. The SMILES string of the molecule is OCC1CCCCC1NCC1=Cc2cc(Cl)ccc2OC1. The van der Waals surface area contributed by atoms with Gasteiger partial charge in [-0.25, -0.2) is 0 Å². The van der Waals surface area contributed by atoms with Crippen molar-refractivity contribution in [3.05, 3.63) is 34.4 Å². The zero-order valence-electron chi connectivity index (χ0n) is 12.1. The van der Waals surface area contributed by atoms with Gasteiger partial charge in [0.15, 0.2) is 0 Å². The smallest absolute Gasteiger partial charge is 0.127 e. The molecule has 21 heavy (non-hydrogen) atoms.